The molecule has 0 spiro atoms. The van der Waals surface area contributed by atoms with Gasteiger partial charge in [-0.3, -0.25) is 5.32 Å². The molecule has 0 aromatic rings. The minimum atomic E-state index is -0.433. The summed E-state index contributed by atoms with van der Waals surface area (Å²) >= 11 is 0. The molecule has 0 aliphatic rings. The Labute approximate surface area is 81.3 Å². The van der Waals surface area contributed by atoms with Gasteiger partial charge in [-0.05, 0) is 33.3 Å². The Morgan fingerprint density at radius 1 is 1.62 bits per heavy atom. The van der Waals surface area contributed by atoms with Crippen LogP contribution in [-0.4, -0.2) is 25.4 Å². The molecule has 78 valence electrons. The summed E-state index contributed by atoms with van der Waals surface area (Å²) in [7, 11) is 1.69. The molecule has 3 N–H and O–H groups in total. The van der Waals surface area contributed by atoms with Crippen LogP contribution in [0.2, 0.25) is 0 Å². The Bertz CT molecular complexity index is 178. The van der Waals surface area contributed by atoms with Crippen LogP contribution in [0.15, 0.2) is 11.6 Å². The summed E-state index contributed by atoms with van der Waals surface area (Å²) in [6, 6.07) is 0.367. The third-order valence-electron chi connectivity index (χ3n) is 2.15. The normalized spacial score (nSPS) is 17.6. The topological polar surface area (TPSA) is 47.3 Å². The van der Waals surface area contributed by atoms with Crippen molar-refractivity contribution < 1.29 is 4.74 Å². The standard InChI is InChI=1S/C10H22N2O/c1-6-9(7-11)10(4,13-5)12-8(2)3/h6,8,12H,7,11H2,1-5H3/b9-6-. The fraction of sp³-hybridized carbons (Fsp3) is 0.800. The number of allylic oxidation sites excluding steroid dienone is 1. The summed E-state index contributed by atoms with van der Waals surface area (Å²) < 4.78 is 5.43. The van der Waals surface area contributed by atoms with Crippen molar-refractivity contribution in [3.63, 3.8) is 0 Å². The summed E-state index contributed by atoms with van der Waals surface area (Å²) in [5, 5.41) is 3.34. The van der Waals surface area contributed by atoms with E-state index in [0.29, 0.717) is 12.6 Å². The number of hydrogen-bond donors (Lipinski definition) is 2. The Morgan fingerprint density at radius 2 is 2.15 bits per heavy atom. The van der Waals surface area contributed by atoms with Crippen LogP contribution in [0.1, 0.15) is 27.7 Å². The first-order valence-electron chi connectivity index (χ1n) is 4.68. The number of nitrogens with two attached hydrogens (primary N) is 1. The van der Waals surface area contributed by atoms with Crippen LogP contribution in [0, 0.1) is 0 Å². The number of hydrogen-bond acceptors (Lipinski definition) is 3. The third-order valence-corrected chi connectivity index (χ3v) is 2.15. The molecule has 0 aromatic heterocycles. The third kappa shape index (κ3) is 3.46. The molecule has 0 heterocycles. The predicted molar refractivity (Wildman–Crippen MR) is 56.5 cm³/mol. The lowest BCUT2D eigenvalue weighted by Crippen LogP contribution is -2.50. The molecule has 0 aromatic carbocycles. The maximum Gasteiger partial charge on any atom is 0.139 e. The highest BCUT2D eigenvalue weighted by Crippen LogP contribution is 2.16. The first-order chi connectivity index (χ1) is 6.00. The first kappa shape index (κ1) is 12.6. The fourth-order valence-corrected chi connectivity index (χ4v) is 1.42. The molecule has 0 aliphatic carbocycles. The van der Waals surface area contributed by atoms with E-state index in [1.807, 2.05) is 19.9 Å². The van der Waals surface area contributed by atoms with Crippen LogP contribution in [0.3, 0.4) is 0 Å². The van der Waals surface area contributed by atoms with Crippen molar-refractivity contribution >= 4 is 0 Å². The summed E-state index contributed by atoms with van der Waals surface area (Å²) in [4.78, 5) is 0. The molecule has 0 amide bonds. The summed E-state index contributed by atoms with van der Waals surface area (Å²) in [6.07, 6.45) is 2.00. The quantitative estimate of drug-likeness (QED) is 0.502. The van der Waals surface area contributed by atoms with E-state index in [0.717, 1.165) is 5.57 Å². The highest BCUT2D eigenvalue weighted by Gasteiger charge is 2.27. The van der Waals surface area contributed by atoms with Crippen LogP contribution >= 0.6 is 0 Å². The molecule has 0 saturated heterocycles. The molecule has 3 heteroatoms. The van der Waals surface area contributed by atoms with Crippen molar-refractivity contribution in [1.82, 2.24) is 5.32 Å². The van der Waals surface area contributed by atoms with E-state index >= 15 is 0 Å². The second kappa shape index (κ2) is 5.37. The molecule has 0 fully saturated rings. The van der Waals surface area contributed by atoms with Gasteiger partial charge in [0.15, 0.2) is 0 Å². The molecule has 0 aliphatic heterocycles. The molecule has 0 rings (SSSR count). The van der Waals surface area contributed by atoms with Crippen molar-refractivity contribution in [1.29, 1.82) is 0 Å². The molecular weight excluding hydrogens is 164 g/mol. The van der Waals surface area contributed by atoms with E-state index in [4.69, 9.17) is 10.5 Å². The van der Waals surface area contributed by atoms with Gasteiger partial charge in [0, 0.05) is 19.7 Å². The van der Waals surface area contributed by atoms with Crippen molar-refractivity contribution in [2.45, 2.75) is 39.5 Å². The zero-order valence-electron chi connectivity index (χ0n) is 9.35. The monoisotopic (exact) mass is 186 g/mol. The predicted octanol–water partition coefficient (Wildman–Crippen LogP) is 1.25. The van der Waals surface area contributed by atoms with E-state index in [-0.39, 0.29) is 0 Å². The van der Waals surface area contributed by atoms with Crippen molar-refractivity contribution in [3.05, 3.63) is 11.6 Å². The van der Waals surface area contributed by atoms with Crippen molar-refractivity contribution in [2.24, 2.45) is 5.73 Å². The number of nitrogens with one attached hydrogen (secondary N) is 1. The number of ether oxygens (including phenoxy) is 1. The highest BCUT2D eigenvalue weighted by atomic mass is 16.5. The lowest BCUT2D eigenvalue weighted by molar-refractivity contribution is 0.00102. The molecular formula is C10H22N2O. The van der Waals surface area contributed by atoms with Crippen LogP contribution in [0.25, 0.3) is 0 Å². The van der Waals surface area contributed by atoms with Crippen LogP contribution < -0.4 is 11.1 Å². The summed E-state index contributed by atoms with van der Waals surface area (Å²) in [6.45, 7) is 8.65. The van der Waals surface area contributed by atoms with Crippen molar-refractivity contribution in [3.8, 4) is 0 Å². The van der Waals surface area contributed by atoms with E-state index in [1.54, 1.807) is 7.11 Å². The minimum absolute atomic E-state index is 0.367. The van der Waals surface area contributed by atoms with Gasteiger partial charge in [-0.15, -0.1) is 0 Å². The largest absolute Gasteiger partial charge is 0.360 e. The lowest BCUT2D eigenvalue weighted by Gasteiger charge is -2.33. The van der Waals surface area contributed by atoms with E-state index in [1.165, 1.54) is 0 Å². The average molecular weight is 186 g/mol. The van der Waals surface area contributed by atoms with Gasteiger partial charge in [0.1, 0.15) is 5.72 Å². The molecule has 1 unspecified atom stereocenters. The Balaban J connectivity index is 4.60. The molecule has 1 atom stereocenters. The maximum absolute atomic E-state index is 5.63. The van der Waals surface area contributed by atoms with Gasteiger partial charge in [-0.25, -0.2) is 0 Å². The van der Waals surface area contributed by atoms with E-state index in [2.05, 4.69) is 19.2 Å². The summed E-state index contributed by atoms with van der Waals surface area (Å²) in [5.74, 6) is 0. The lowest BCUT2D eigenvalue weighted by atomic mass is 10.0. The van der Waals surface area contributed by atoms with E-state index < -0.39 is 5.72 Å². The number of methoxy groups -OCH3 is 1. The Hall–Kier alpha value is -0.380. The van der Waals surface area contributed by atoms with Gasteiger partial charge in [0.2, 0.25) is 0 Å². The smallest absolute Gasteiger partial charge is 0.139 e. The van der Waals surface area contributed by atoms with Gasteiger partial charge in [0.25, 0.3) is 0 Å². The zero-order valence-corrected chi connectivity index (χ0v) is 9.35. The second-order valence-electron chi connectivity index (χ2n) is 3.55. The van der Waals surface area contributed by atoms with Gasteiger partial charge in [-0.1, -0.05) is 6.08 Å². The summed E-state index contributed by atoms with van der Waals surface area (Å²) in [5.41, 5.74) is 6.27. The second-order valence-corrected chi connectivity index (χ2v) is 3.55. The molecule has 13 heavy (non-hydrogen) atoms. The average Bonchev–Trinajstić information content (AvgIpc) is 2.05. The fourth-order valence-electron chi connectivity index (χ4n) is 1.42. The molecule has 0 radical (unpaired) electrons. The SMILES string of the molecule is C/C=C(/CN)C(C)(NC(C)C)OC. The van der Waals surface area contributed by atoms with Crippen molar-refractivity contribution in [2.75, 3.05) is 13.7 Å². The molecule has 3 nitrogen and oxygen atoms in total. The number of rotatable bonds is 5. The van der Waals surface area contributed by atoms with Crippen LogP contribution in [0.5, 0.6) is 0 Å². The molecule has 0 bridgehead atoms. The van der Waals surface area contributed by atoms with Gasteiger partial charge in [0.05, 0.1) is 0 Å². The maximum atomic E-state index is 5.63. The van der Waals surface area contributed by atoms with Gasteiger partial charge < -0.3 is 10.5 Å². The Kier molecular flexibility index (Phi) is 5.21. The minimum Gasteiger partial charge on any atom is -0.360 e. The highest BCUT2D eigenvalue weighted by molar-refractivity contribution is 5.15. The first-order valence-corrected chi connectivity index (χ1v) is 4.68. The van der Waals surface area contributed by atoms with Gasteiger partial charge in [-0.2, -0.15) is 0 Å². The zero-order chi connectivity index (χ0) is 10.5. The van der Waals surface area contributed by atoms with Gasteiger partial charge >= 0.3 is 0 Å². The van der Waals surface area contributed by atoms with E-state index in [9.17, 15) is 0 Å². The van der Waals surface area contributed by atoms with Crippen LogP contribution in [0.4, 0.5) is 0 Å². The van der Waals surface area contributed by atoms with Crippen LogP contribution in [-0.2, 0) is 4.74 Å². The molecule has 0 saturated carbocycles. The Morgan fingerprint density at radius 3 is 2.38 bits per heavy atom.